The van der Waals surface area contributed by atoms with Crippen molar-refractivity contribution >= 4 is 86.5 Å². The van der Waals surface area contributed by atoms with Gasteiger partial charge in [0.25, 0.3) is 0 Å². The quantitative estimate of drug-likeness (QED) is 0.0563. The van der Waals surface area contributed by atoms with E-state index in [-0.39, 0.29) is 10.8 Å². The van der Waals surface area contributed by atoms with Crippen LogP contribution in [-0.4, -0.2) is 18.0 Å². The van der Waals surface area contributed by atoms with Crippen LogP contribution in [0.25, 0.3) is 49.0 Å². The van der Waals surface area contributed by atoms with Crippen LogP contribution in [-0.2, 0) is 23.7 Å². The Labute approximate surface area is 382 Å². The smallest absolute Gasteiger partial charge is 0.153 e. The summed E-state index contributed by atoms with van der Waals surface area (Å²) in [7, 11) is -1.89. The van der Waals surface area contributed by atoms with Crippen molar-refractivity contribution in [2.75, 3.05) is 0 Å². The van der Waals surface area contributed by atoms with Crippen LogP contribution < -0.4 is 10.4 Å². The highest BCUT2D eigenvalue weighted by molar-refractivity contribution is 7.33. The van der Waals surface area contributed by atoms with Gasteiger partial charge < -0.3 is 0 Å². The normalized spacial score (nSPS) is 13.8. The van der Waals surface area contributed by atoms with Crippen molar-refractivity contribution in [2.24, 2.45) is 0 Å². The van der Waals surface area contributed by atoms with Crippen LogP contribution in [0.1, 0.15) is 167 Å². The molecule has 0 amide bonds. The zero-order chi connectivity index (χ0) is 42.0. The Hall–Kier alpha value is -1.72. The Morgan fingerprint density at radius 3 is 1.58 bits per heavy atom. The third kappa shape index (κ3) is 9.77. The summed E-state index contributed by atoms with van der Waals surface area (Å²) < 4.78 is 0. The lowest BCUT2D eigenvalue weighted by molar-refractivity contribution is 0.604. The molecule has 0 aliphatic carbocycles. The lowest BCUT2D eigenvalue weighted by Crippen LogP contribution is -2.54. The first-order valence-electron chi connectivity index (χ1n) is 22.8. The van der Waals surface area contributed by atoms with Crippen molar-refractivity contribution < 1.29 is 0 Å². The molecule has 7 rings (SSSR count). The molecule has 0 saturated heterocycles. The van der Waals surface area contributed by atoms with Crippen molar-refractivity contribution in [3.63, 3.8) is 0 Å². The van der Waals surface area contributed by atoms with E-state index in [2.05, 4.69) is 128 Å². The summed E-state index contributed by atoms with van der Waals surface area (Å²) in [6.45, 7) is 23.5. The van der Waals surface area contributed by atoms with Gasteiger partial charge >= 0.3 is 0 Å². The molecule has 6 aromatic heterocycles. The van der Waals surface area contributed by atoms with Gasteiger partial charge in [-0.2, -0.15) is 0 Å². The molecule has 318 valence electrons. The maximum absolute atomic E-state index is 5.38. The maximum Gasteiger partial charge on any atom is 0.153 e. The Morgan fingerprint density at radius 2 is 0.983 bits per heavy atom. The van der Waals surface area contributed by atoms with Crippen LogP contribution in [0, 0.1) is 0 Å². The Kier molecular flexibility index (Phi) is 14.9. The maximum atomic E-state index is 5.38. The predicted octanol–water partition coefficient (Wildman–Crippen LogP) is 17.5. The molecule has 0 aromatic carbocycles. The van der Waals surface area contributed by atoms with E-state index in [1.54, 1.807) is 25.0 Å². The number of thiazole rings is 2. The molecular formula is C50H68N2S6Si. The minimum atomic E-state index is -1.89. The van der Waals surface area contributed by atoms with E-state index >= 15 is 0 Å². The number of aryl methyl sites for hydroxylation is 2. The fourth-order valence-electron chi connectivity index (χ4n) is 8.69. The van der Waals surface area contributed by atoms with Gasteiger partial charge in [-0.05, 0) is 89.0 Å². The van der Waals surface area contributed by atoms with Crippen LogP contribution >= 0.6 is 68.0 Å². The highest BCUT2D eigenvalue weighted by atomic mass is 32.1. The SMILES string of the molecule is CCCCCCc1nc(-c2nc(CC)c(-c3ccc(-c4cc5c(s4)-c4sc(C(C)(C)C)cc4[Si]5(CCCCCC)CCCCCC)s3)s2)sc1-c1ccc(C(C)(C)C)s1. The Bertz CT molecular complexity index is 2280. The standard InChI is InChI=1S/C50H68N2S6Si/c1-11-15-18-21-24-34-44(37-27-28-41(54-37)49(5,6)7)58-48(52-34)47-51-33(14-4)43(57-47)36-26-25-35(53-36)38-31-39-45(55-38)46-40(32-42(56-46)50(8,9)10)59(39,29-22-19-16-12-2)30-23-20-17-13-3/h25-28,31-32H,11-24,29-30H2,1-10H3. The third-order valence-electron chi connectivity index (χ3n) is 12.2. The molecule has 0 saturated carbocycles. The predicted molar refractivity (Wildman–Crippen MR) is 274 cm³/mol. The molecule has 1 aliphatic heterocycles. The Balaban J connectivity index is 1.23. The van der Waals surface area contributed by atoms with Gasteiger partial charge in [-0.15, -0.1) is 68.0 Å². The monoisotopic (exact) mass is 916 g/mol. The van der Waals surface area contributed by atoms with Gasteiger partial charge in [0.15, 0.2) is 10.0 Å². The van der Waals surface area contributed by atoms with Crippen LogP contribution in [0.3, 0.4) is 0 Å². The van der Waals surface area contributed by atoms with Gasteiger partial charge in [-0.25, -0.2) is 9.97 Å². The highest BCUT2D eigenvalue weighted by Gasteiger charge is 2.48. The fraction of sp³-hybridized carbons (Fsp3) is 0.560. The number of fused-ring (bicyclic) bond motifs is 3. The number of unbranched alkanes of at least 4 members (excludes halogenated alkanes) is 9. The first kappa shape index (κ1) is 45.3. The van der Waals surface area contributed by atoms with E-state index in [1.165, 1.54) is 135 Å². The van der Waals surface area contributed by atoms with Crippen LogP contribution in [0.5, 0.6) is 0 Å². The average Bonchev–Trinajstić information content (AvgIpc) is 4.04. The second-order valence-electron chi connectivity index (χ2n) is 19.0. The summed E-state index contributed by atoms with van der Waals surface area (Å²) in [5.74, 6) is 0. The summed E-state index contributed by atoms with van der Waals surface area (Å²) in [5.41, 5.74) is 2.81. The van der Waals surface area contributed by atoms with Gasteiger partial charge in [0, 0.05) is 39.0 Å². The number of hydrogen-bond acceptors (Lipinski definition) is 8. The van der Waals surface area contributed by atoms with Crippen molar-refractivity contribution in [1.29, 1.82) is 0 Å². The molecule has 0 unspecified atom stereocenters. The molecule has 59 heavy (non-hydrogen) atoms. The lowest BCUT2D eigenvalue weighted by Gasteiger charge is -2.29. The zero-order valence-corrected chi connectivity index (χ0v) is 43.5. The summed E-state index contributed by atoms with van der Waals surface area (Å²) in [6.07, 6.45) is 17.8. The van der Waals surface area contributed by atoms with Gasteiger partial charge in [0.2, 0.25) is 0 Å². The number of aromatic nitrogens is 2. The van der Waals surface area contributed by atoms with E-state index in [0.717, 1.165) is 22.9 Å². The third-order valence-corrected chi connectivity index (χ3v) is 26.2. The molecular weight excluding hydrogens is 849 g/mol. The van der Waals surface area contributed by atoms with Crippen LogP contribution in [0.2, 0.25) is 12.1 Å². The second-order valence-corrected chi connectivity index (χ2v) is 29.5. The summed E-state index contributed by atoms with van der Waals surface area (Å²) in [4.78, 5) is 25.3. The summed E-state index contributed by atoms with van der Waals surface area (Å²) in [5, 5.41) is 5.76. The largest absolute Gasteiger partial charge is 0.238 e. The molecule has 7 heterocycles. The highest BCUT2D eigenvalue weighted by Crippen LogP contribution is 2.50. The first-order chi connectivity index (χ1) is 28.3. The van der Waals surface area contributed by atoms with Crippen molar-refractivity contribution in [2.45, 2.75) is 182 Å². The molecule has 0 radical (unpaired) electrons. The van der Waals surface area contributed by atoms with E-state index < -0.39 is 8.07 Å². The van der Waals surface area contributed by atoms with Gasteiger partial charge in [-0.1, -0.05) is 140 Å². The molecule has 6 aromatic rings. The molecule has 2 nitrogen and oxygen atoms in total. The number of nitrogens with zero attached hydrogens (tertiary/aromatic N) is 2. The first-order valence-corrected chi connectivity index (χ1v) is 30.1. The van der Waals surface area contributed by atoms with E-state index in [9.17, 15) is 0 Å². The topological polar surface area (TPSA) is 25.8 Å². The fourth-order valence-corrected chi connectivity index (χ4v) is 22.9. The van der Waals surface area contributed by atoms with Crippen molar-refractivity contribution in [3.8, 4) is 49.0 Å². The van der Waals surface area contributed by atoms with Gasteiger partial charge in [-0.3, -0.25) is 0 Å². The van der Waals surface area contributed by atoms with Crippen LogP contribution in [0.15, 0.2) is 36.4 Å². The number of thiophene rings is 4. The van der Waals surface area contributed by atoms with E-state index in [4.69, 9.17) is 9.97 Å². The van der Waals surface area contributed by atoms with Crippen molar-refractivity contribution in [3.05, 3.63) is 57.5 Å². The molecule has 0 spiro atoms. The lowest BCUT2D eigenvalue weighted by atomic mass is 9.95. The van der Waals surface area contributed by atoms with Gasteiger partial charge in [0.1, 0.15) is 8.07 Å². The van der Waals surface area contributed by atoms with Crippen LogP contribution in [0.4, 0.5) is 0 Å². The molecule has 9 heteroatoms. The van der Waals surface area contributed by atoms with Gasteiger partial charge in [0.05, 0.1) is 21.1 Å². The Morgan fingerprint density at radius 1 is 0.458 bits per heavy atom. The number of rotatable bonds is 20. The second kappa shape index (κ2) is 19.3. The molecule has 0 bridgehead atoms. The average molecular weight is 918 g/mol. The molecule has 0 fully saturated rings. The van der Waals surface area contributed by atoms with E-state index in [0.29, 0.717) is 0 Å². The van der Waals surface area contributed by atoms with Crippen molar-refractivity contribution in [1.82, 2.24) is 9.97 Å². The molecule has 1 aliphatic rings. The summed E-state index contributed by atoms with van der Waals surface area (Å²) >= 11 is 11.9. The zero-order valence-electron chi connectivity index (χ0n) is 37.6. The minimum absolute atomic E-state index is 0.150. The van der Waals surface area contributed by atoms with E-state index in [1.807, 2.05) is 45.3 Å². The minimum Gasteiger partial charge on any atom is -0.238 e. The molecule has 0 N–H and O–H groups in total. The molecule has 0 atom stereocenters. The number of hydrogen-bond donors (Lipinski definition) is 0. The summed E-state index contributed by atoms with van der Waals surface area (Å²) in [6, 6.07) is 17.7.